The summed E-state index contributed by atoms with van der Waals surface area (Å²) in [5.41, 5.74) is -0.765. The Kier molecular flexibility index (Phi) is 5.21. The van der Waals surface area contributed by atoms with Crippen LogP contribution in [0.3, 0.4) is 0 Å². The topological polar surface area (TPSA) is 71.8 Å². The summed E-state index contributed by atoms with van der Waals surface area (Å²) in [7, 11) is 0. The lowest BCUT2D eigenvalue weighted by atomic mass is 10.0. The van der Waals surface area contributed by atoms with E-state index in [0.717, 1.165) is 25.3 Å². The number of nitrogens with zero attached hydrogens (tertiary/aromatic N) is 3. The van der Waals surface area contributed by atoms with Gasteiger partial charge in [-0.3, -0.25) is 9.59 Å². The summed E-state index contributed by atoms with van der Waals surface area (Å²) < 4.78 is 37.4. The van der Waals surface area contributed by atoms with Crippen molar-refractivity contribution in [3.05, 3.63) is 39.2 Å². The number of hydrogen-bond donors (Lipinski definition) is 0. The van der Waals surface area contributed by atoms with Crippen LogP contribution in [-0.4, -0.2) is 54.6 Å². The summed E-state index contributed by atoms with van der Waals surface area (Å²) in [5, 5.41) is -0.166. The lowest BCUT2D eigenvalue weighted by Gasteiger charge is -2.34. The molecule has 0 atom stereocenters. The fraction of sp³-hybridized carbons (Fsp3) is 0.476. The van der Waals surface area contributed by atoms with Crippen LogP contribution in [0, 0.1) is 18.6 Å². The first-order valence-corrected chi connectivity index (χ1v) is 10.1. The van der Waals surface area contributed by atoms with Crippen molar-refractivity contribution in [2.45, 2.75) is 32.7 Å². The molecule has 30 heavy (non-hydrogen) atoms. The number of amides is 1. The van der Waals surface area contributed by atoms with Crippen molar-refractivity contribution < 1.29 is 23.1 Å². The van der Waals surface area contributed by atoms with Gasteiger partial charge in [-0.1, -0.05) is 0 Å². The van der Waals surface area contributed by atoms with Gasteiger partial charge in [-0.2, -0.15) is 0 Å². The van der Waals surface area contributed by atoms with Crippen LogP contribution >= 0.6 is 0 Å². The van der Waals surface area contributed by atoms with E-state index in [9.17, 15) is 14.4 Å². The summed E-state index contributed by atoms with van der Waals surface area (Å²) in [5.74, 6) is -2.46. The second-order valence-electron chi connectivity index (χ2n) is 7.66. The fourth-order valence-electron chi connectivity index (χ4n) is 4.17. The predicted molar refractivity (Wildman–Crippen MR) is 107 cm³/mol. The van der Waals surface area contributed by atoms with Crippen LogP contribution in [0.1, 0.15) is 41.9 Å². The Balaban J connectivity index is 1.94. The first-order valence-electron chi connectivity index (χ1n) is 10.1. The summed E-state index contributed by atoms with van der Waals surface area (Å²) in [4.78, 5) is 39.5. The number of benzene rings is 1. The van der Waals surface area contributed by atoms with E-state index in [4.69, 9.17) is 4.74 Å². The third kappa shape index (κ3) is 3.22. The molecular weight excluding hydrogens is 396 g/mol. The molecule has 2 fully saturated rings. The zero-order valence-electron chi connectivity index (χ0n) is 16.9. The van der Waals surface area contributed by atoms with Gasteiger partial charge >= 0.3 is 5.97 Å². The molecule has 0 radical (unpaired) electrons. The quantitative estimate of drug-likeness (QED) is 0.550. The van der Waals surface area contributed by atoms with Crippen molar-refractivity contribution >= 4 is 29.0 Å². The highest BCUT2D eigenvalue weighted by Crippen LogP contribution is 2.41. The predicted octanol–water partition coefficient (Wildman–Crippen LogP) is 2.38. The molecule has 0 spiro atoms. The zero-order chi connectivity index (χ0) is 21.6. The molecule has 4 rings (SSSR count). The Labute approximate surface area is 171 Å². The number of aromatic nitrogens is 1. The summed E-state index contributed by atoms with van der Waals surface area (Å²) in [6.07, 6.45) is 2.28. The molecule has 2 aromatic rings. The number of rotatable bonds is 5. The molecule has 9 heteroatoms. The number of hydrogen-bond acceptors (Lipinski definition) is 5. The summed E-state index contributed by atoms with van der Waals surface area (Å²) in [6.45, 7) is 4.60. The van der Waals surface area contributed by atoms with Crippen molar-refractivity contribution in [3.8, 4) is 0 Å². The van der Waals surface area contributed by atoms with Crippen molar-refractivity contribution in [1.82, 2.24) is 9.47 Å². The Hall–Kier alpha value is -2.97. The van der Waals surface area contributed by atoms with Gasteiger partial charge in [-0.05, 0) is 32.8 Å². The smallest absolute Gasteiger partial charge is 0.343 e. The summed E-state index contributed by atoms with van der Waals surface area (Å²) in [6, 6.07) is 0.962. The number of anilines is 1. The fourth-order valence-corrected chi connectivity index (χ4v) is 4.17. The van der Waals surface area contributed by atoms with Gasteiger partial charge in [-0.15, -0.1) is 0 Å². The molecule has 1 saturated heterocycles. The van der Waals surface area contributed by atoms with E-state index in [1.807, 2.05) is 0 Å². The number of fused-ring (bicyclic) bond motifs is 1. The van der Waals surface area contributed by atoms with Crippen LogP contribution in [0.5, 0.6) is 0 Å². The number of pyridine rings is 1. The molecule has 1 saturated carbocycles. The van der Waals surface area contributed by atoms with Gasteiger partial charge in [0, 0.05) is 37.9 Å². The maximum atomic E-state index is 15.7. The zero-order valence-corrected chi connectivity index (χ0v) is 16.9. The third-order valence-electron chi connectivity index (χ3n) is 5.78. The Morgan fingerprint density at radius 1 is 1.23 bits per heavy atom. The van der Waals surface area contributed by atoms with Gasteiger partial charge in [0.25, 0.3) is 0 Å². The van der Waals surface area contributed by atoms with Crippen LogP contribution in [0.4, 0.5) is 14.5 Å². The molecule has 1 aliphatic carbocycles. The third-order valence-corrected chi connectivity index (χ3v) is 5.78. The SMILES string of the molecule is CCOC(=O)c1c(C)n(C2CC2)c2c(F)c(N3CCN(C=O)CC3)c(F)cc2c1=O. The van der Waals surface area contributed by atoms with Crippen LogP contribution in [-0.2, 0) is 9.53 Å². The summed E-state index contributed by atoms with van der Waals surface area (Å²) >= 11 is 0. The highest BCUT2D eigenvalue weighted by atomic mass is 19.1. The molecule has 160 valence electrons. The van der Waals surface area contributed by atoms with E-state index < -0.39 is 23.0 Å². The van der Waals surface area contributed by atoms with E-state index >= 15 is 8.78 Å². The molecular formula is C21H23F2N3O4. The first-order chi connectivity index (χ1) is 14.4. The Morgan fingerprint density at radius 3 is 2.47 bits per heavy atom. The Morgan fingerprint density at radius 2 is 1.90 bits per heavy atom. The number of esters is 1. The van der Waals surface area contributed by atoms with Crippen molar-refractivity contribution in [1.29, 1.82) is 0 Å². The highest BCUT2D eigenvalue weighted by Gasteiger charge is 2.34. The molecule has 1 aliphatic heterocycles. The lowest BCUT2D eigenvalue weighted by Crippen LogP contribution is -2.46. The second-order valence-corrected chi connectivity index (χ2v) is 7.66. The van der Waals surface area contributed by atoms with Crippen LogP contribution in [0.15, 0.2) is 10.9 Å². The van der Waals surface area contributed by atoms with Crippen molar-refractivity contribution in [3.63, 3.8) is 0 Å². The monoisotopic (exact) mass is 419 g/mol. The molecule has 1 amide bonds. The normalized spacial score (nSPS) is 16.8. The van der Waals surface area contributed by atoms with Gasteiger partial charge in [0.2, 0.25) is 11.8 Å². The molecule has 0 N–H and O–H groups in total. The van der Waals surface area contributed by atoms with E-state index in [1.165, 1.54) is 0 Å². The highest BCUT2D eigenvalue weighted by molar-refractivity contribution is 5.96. The maximum Gasteiger partial charge on any atom is 0.343 e. The average molecular weight is 419 g/mol. The number of carbonyl (C=O) groups excluding carboxylic acids is 2. The van der Waals surface area contributed by atoms with Gasteiger partial charge in [0.05, 0.1) is 17.5 Å². The Bertz CT molecular complexity index is 1090. The number of carbonyl (C=O) groups is 2. The minimum atomic E-state index is -0.863. The average Bonchev–Trinajstić information content (AvgIpc) is 3.55. The number of piperazine rings is 1. The first kappa shape index (κ1) is 20.3. The van der Waals surface area contributed by atoms with E-state index in [1.54, 1.807) is 28.2 Å². The lowest BCUT2D eigenvalue weighted by molar-refractivity contribution is -0.118. The molecule has 0 bridgehead atoms. The van der Waals surface area contributed by atoms with Gasteiger partial charge in [-0.25, -0.2) is 13.6 Å². The van der Waals surface area contributed by atoms with Gasteiger partial charge < -0.3 is 19.1 Å². The van der Waals surface area contributed by atoms with Crippen LogP contribution in [0.2, 0.25) is 0 Å². The maximum absolute atomic E-state index is 15.7. The van der Waals surface area contributed by atoms with Gasteiger partial charge in [0.1, 0.15) is 17.1 Å². The van der Waals surface area contributed by atoms with Crippen LogP contribution < -0.4 is 10.3 Å². The standard InChI is InChI=1S/C21H23F2N3O4/c1-3-30-21(29)16-12(2)26(13-4-5-13)18-14(20(16)28)10-15(22)19(17(18)23)25-8-6-24(11-27)7-9-25/h10-11,13H,3-9H2,1-2H3. The van der Waals surface area contributed by atoms with Crippen LogP contribution in [0.25, 0.3) is 10.9 Å². The molecule has 2 heterocycles. The minimum Gasteiger partial charge on any atom is -0.462 e. The molecule has 0 unspecified atom stereocenters. The second kappa shape index (κ2) is 7.70. The number of halogens is 2. The van der Waals surface area contributed by atoms with Gasteiger partial charge in [0.15, 0.2) is 5.82 Å². The number of ether oxygens (including phenoxy) is 1. The largest absolute Gasteiger partial charge is 0.462 e. The molecule has 7 nitrogen and oxygen atoms in total. The minimum absolute atomic E-state index is 0.0160. The van der Waals surface area contributed by atoms with E-state index in [0.29, 0.717) is 18.8 Å². The molecule has 2 aliphatic rings. The molecule has 1 aromatic carbocycles. The van der Waals surface area contributed by atoms with E-state index in [-0.39, 0.29) is 47.9 Å². The van der Waals surface area contributed by atoms with Crippen molar-refractivity contribution in [2.24, 2.45) is 0 Å². The van der Waals surface area contributed by atoms with E-state index in [2.05, 4.69) is 0 Å². The van der Waals surface area contributed by atoms with Crippen molar-refractivity contribution in [2.75, 3.05) is 37.7 Å². The molecule has 1 aromatic heterocycles.